The Labute approximate surface area is 148 Å². The van der Waals surface area contributed by atoms with Crippen LogP contribution in [-0.2, 0) is 13.1 Å². The highest BCUT2D eigenvalue weighted by atomic mass is 35.5. The highest BCUT2D eigenvalue weighted by molar-refractivity contribution is 7.07. The van der Waals surface area contributed by atoms with Crippen molar-refractivity contribution in [3.63, 3.8) is 0 Å². The molecule has 0 saturated heterocycles. The highest BCUT2D eigenvalue weighted by Crippen LogP contribution is 2.24. The van der Waals surface area contributed by atoms with Gasteiger partial charge in [0.1, 0.15) is 5.76 Å². The van der Waals surface area contributed by atoms with Crippen LogP contribution in [0.1, 0.15) is 21.7 Å². The summed E-state index contributed by atoms with van der Waals surface area (Å²) in [7, 11) is 0. The number of hydrogen-bond acceptors (Lipinski definition) is 3. The molecule has 0 N–H and O–H groups in total. The Morgan fingerprint density at radius 2 is 2.00 bits per heavy atom. The van der Waals surface area contributed by atoms with Gasteiger partial charge in [0.2, 0.25) is 0 Å². The number of amides is 1. The SMILES string of the molecule is O=C(c1ccc(Cl)c(Cl)c1)N(Cc1ccsc1)Cc1ccco1. The summed E-state index contributed by atoms with van der Waals surface area (Å²) >= 11 is 13.6. The van der Waals surface area contributed by atoms with Crippen molar-refractivity contribution in [3.05, 3.63) is 80.4 Å². The molecule has 0 atom stereocenters. The van der Waals surface area contributed by atoms with Gasteiger partial charge in [0, 0.05) is 12.1 Å². The van der Waals surface area contributed by atoms with Crippen LogP contribution in [0, 0.1) is 0 Å². The van der Waals surface area contributed by atoms with Gasteiger partial charge in [-0.1, -0.05) is 23.2 Å². The van der Waals surface area contributed by atoms with E-state index in [0.717, 1.165) is 11.3 Å². The molecule has 1 amide bonds. The highest BCUT2D eigenvalue weighted by Gasteiger charge is 2.19. The molecular weight excluding hydrogens is 353 g/mol. The predicted octanol–water partition coefficient (Wildman–Crippen LogP) is 5.49. The molecule has 0 fully saturated rings. The van der Waals surface area contributed by atoms with Gasteiger partial charge in [0.05, 0.1) is 22.9 Å². The number of thiophene rings is 1. The Balaban J connectivity index is 1.86. The third-order valence-corrected chi connectivity index (χ3v) is 4.81. The molecular formula is C17H13Cl2NO2S. The molecule has 118 valence electrons. The van der Waals surface area contributed by atoms with E-state index in [1.165, 1.54) is 0 Å². The molecule has 23 heavy (non-hydrogen) atoms. The van der Waals surface area contributed by atoms with Crippen molar-refractivity contribution >= 4 is 40.4 Å². The number of rotatable bonds is 5. The summed E-state index contributed by atoms with van der Waals surface area (Å²) in [5.74, 6) is 0.611. The minimum absolute atomic E-state index is 0.119. The Morgan fingerprint density at radius 3 is 2.65 bits per heavy atom. The summed E-state index contributed by atoms with van der Waals surface area (Å²) in [4.78, 5) is 14.6. The second kappa shape index (κ2) is 7.21. The van der Waals surface area contributed by atoms with Crippen LogP contribution >= 0.6 is 34.5 Å². The lowest BCUT2D eigenvalue weighted by molar-refractivity contribution is 0.0718. The summed E-state index contributed by atoms with van der Waals surface area (Å²) in [6.45, 7) is 0.894. The zero-order valence-electron chi connectivity index (χ0n) is 12.0. The number of furan rings is 1. The normalized spacial score (nSPS) is 10.7. The van der Waals surface area contributed by atoms with E-state index in [2.05, 4.69) is 0 Å². The first-order valence-electron chi connectivity index (χ1n) is 6.91. The zero-order valence-corrected chi connectivity index (χ0v) is 14.4. The van der Waals surface area contributed by atoms with E-state index >= 15 is 0 Å². The molecule has 0 aliphatic heterocycles. The number of nitrogens with zero attached hydrogens (tertiary/aromatic N) is 1. The Bertz CT molecular complexity index is 749. The Morgan fingerprint density at radius 1 is 1.13 bits per heavy atom. The molecule has 3 rings (SSSR count). The molecule has 0 aliphatic rings. The number of carbonyl (C=O) groups is 1. The Hall–Kier alpha value is -1.75. The fraction of sp³-hybridized carbons (Fsp3) is 0.118. The predicted molar refractivity (Wildman–Crippen MR) is 93.1 cm³/mol. The maximum absolute atomic E-state index is 12.8. The number of hydrogen-bond donors (Lipinski definition) is 0. The maximum atomic E-state index is 12.8. The van der Waals surface area contributed by atoms with Gasteiger partial charge < -0.3 is 9.32 Å². The van der Waals surface area contributed by atoms with Crippen LogP contribution < -0.4 is 0 Å². The van der Waals surface area contributed by atoms with Crippen LogP contribution in [0.3, 0.4) is 0 Å². The van der Waals surface area contributed by atoms with E-state index in [9.17, 15) is 4.79 Å². The van der Waals surface area contributed by atoms with Crippen LogP contribution in [0.15, 0.2) is 57.8 Å². The molecule has 2 aromatic heterocycles. The minimum Gasteiger partial charge on any atom is -0.467 e. The maximum Gasteiger partial charge on any atom is 0.254 e. The Kier molecular flexibility index (Phi) is 5.06. The fourth-order valence-corrected chi connectivity index (χ4v) is 3.16. The standard InChI is InChI=1S/C17H13Cl2NO2S/c18-15-4-3-13(8-16(15)19)17(21)20(9-12-5-7-23-11-12)10-14-2-1-6-22-14/h1-8,11H,9-10H2. The largest absolute Gasteiger partial charge is 0.467 e. The monoisotopic (exact) mass is 365 g/mol. The van der Waals surface area contributed by atoms with Gasteiger partial charge in [-0.2, -0.15) is 11.3 Å². The first kappa shape index (κ1) is 16.1. The molecule has 0 bridgehead atoms. The first-order chi connectivity index (χ1) is 11.1. The molecule has 0 radical (unpaired) electrons. The van der Waals surface area contributed by atoms with Crippen molar-refractivity contribution in [2.75, 3.05) is 0 Å². The third-order valence-electron chi connectivity index (χ3n) is 3.33. The van der Waals surface area contributed by atoms with Crippen LogP contribution in [0.25, 0.3) is 0 Å². The van der Waals surface area contributed by atoms with Crippen molar-refractivity contribution in [1.82, 2.24) is 4.90 Å². The van der Waals surface area contributed by atoms with Crippen molar-refractivity contribution in [1.29, 1.82) is 0 Å². The smallest absolute Gasteiger partial charge is 0.254 e. The van der Waals surface area contributed by atoms with Gasteiger partial charge in [0.25, 0.3) is 5.91 Å². The summed E-state index contributed by atoms with van der Waals surface area (Å²) < 4.78 is 5.37. The van der Waals surface area contributed by atoms with E-state index in [1.54, 1.807) is 40.7 Å². The number of halogens is 2. The topological polar surface area (TPSA) is 33.5 Å². The van der Waals surface area contributed by atoms with E-state index in [4.69, 9.17) is 27.6 Å². The van der Waals surface area contributed by atoms with Crippen molar-refractivity contribution in [2.24, 2.45) is 0 Å². The lowest BCUT2D eigenvalue weighted by atomic mass is 10.1. The third kappa shape index (κ3) is 3.96. The molecule has 0 saturated carbocycles. The zero-order chi connectivity index (χ0) is 16.2. The second-order valence-electron chi connectivity index (χ2n) is 5.00. The number of carbonyl (C=O) groups excluding carboxylic acids is 1. The van der Waals surface area contributed by atoms with Gasteiger partial charge in [-0.3, -0.25) is 4.79 Å². The quantitative estimate of drug-likeness (QED) is 0.598. The van der Waals surface area contributed by atoms with Gasteiger partial charge >= 0.3 is 0 Å². The van der Waals surface area contributed by atoms with E-state index in [1.807, 2.05) is 29.0 Å². The lowest BCUT2D eigenvalue weighted by Crippen LogP contribution is -2.29. The average Bonchev–Trinajstić information content (AvgIpc) is 3.22. The second-order valence-corrected chi connectivity index (χ2v) is 6.60. The summed E-state index contributed by atoms with van der Waals surface area (Å²) in [5.41, 5.74) is 1.58. The molecule has 0 aliphatic carbocycles. The van der Waals surface area contributed by atoms with Crippen molar-refractivity contribution < 1.29 is 9.21 Å². The van der Waals surface area contributed by atoms with Crippen LogP contribution in [0.5, 0.6) is 0 Å². The molecule has 1 aromatic carbocycles. The van der Waals surface area contributed by atoms with Gasteiger partial charge in [-0.25, -0.2) is 0 Å². The fourth-order valence-electron chi connectivity index (χ4n) is 2.20. The molecule has 2 heterocycles. The lowest BCUT2D eigenvalue weighted by Gasteiger charge is -2.21. The minimum atomic E-state index is -0.119. The van der Waals surface area contributed by atoms with Crippen molar-refractivity contribution in [2.45, 2.75) is 13.1 Å². The van der Waals surface area contributed by atoms with Crippen LogP contribution in [-0.4, -0.2) is 10.8 Å². The van der Waals surface area contributed by atoms with E-state index in [-0.39, 0.29) is 5.91 Å². The number of benzene rings is 1. The first-order valence-corrected chi connectivity index (χ1v) is 8.61. The van der Waals surface area contributed by atoms with E-state index in [0.29, 0.717) is 28.7 Å². The average molecular weight is 366 g/mol. The van der Waals surface area contributed by atoms with Crippen molar-refractivity contribution in [3.8, 4) is 0 Å². The molecule has 6 heteroatoms. The van der Waals surface area contributed by atoms with Crippen LogP contribution in [0.4, 0.5) is 0 Å². The van der Waals surface area contributed by atoms with Gasteiger partial charge in [0.15, 0.2) is 0 Å². The van der Waals surface area contributed by atoms with Crippen LogP contribution in [0.2, 0.25) is 10.0 Å². The molecule has 0 spiro atoms. The van der Waals surface area contributed by atoms with Gasteiger partial charge in [-0.05, 0) is 52.7 Å². The molecule has 3 aromatic rings. The molecule has 3 nitrogen and oxygen atoms in total. The van der Waals surface area contributed by atoms with Gasteiger partial charge in [-0.15, -0.1) is 0 Å². The summed E-state index contributed by atoms with van der Waals surface area (Å²) in [5, 5.41) is 4.81. The summed E-state index contributed by atoms with van der Waals surface area (Å²) in [6.07, 6.45) is 1.60. The van der Waals surface area contributed by atoms with E-state index < -0.39 is 0 Å². The molecule has 0 unspecified atom stereocenters. The summed E-state index contributed by atoms with van der Waals surface area (Å²) in [6, 6.07) is 10.6.